The largest absolute Gasteiger partial charge is 0.362 e. The number of nitrogens with zero attached hydrogens (tertiary/aromatic N) is 5. The summed E-state index contributed by atoms with van der Waals surface area (Å²) in [5, 5.41) is 4.98. The molecule has 6 aromatic rings. The number of pyridine rings is 1. The summed E-state index contributed by atoms with van der Waals surface area (Å²) in [6.07, 6.45) is 8.39. The van der Waals surface area contributed by atoms with Gasteiger partial charge in [-0.3, -0.25) is 4.98 Å². The van der Waals surface area contributed by atoms with Gasteiger partial charge in [-0.1, -0.05) is 42.5 Å². The molecule has 2 N–H and O–H groups in total. The first-order valence-corrected chi connectivity index (χ1v) is 19.1. The fraction of sp³-hybridized carbons (Fsp3) is 0.359. The zero-order valence-corrected chi connectivity index (χ0v) is 31.1. The molecule has 3 aromatic heterocycles. The third kappa shape index (κ3) is 8.73. The number of piperidine rings is 2. The maximum atomic E-state index is 6.57. The van der Waals surface area contributed by atoms with E-state index in [0.717, 1.165) is 72.0 Å². The molecule has 2 atom stereocenters. The molecule has 2 unspecified atom stereocenters. The lowest BCUT2D eigenvalue weighted by Gasteiger charge is -2.32. The second-order valence-electron chi connectivity index (χ2n) is 13.2. The summed E-state index contributed by atoms with van der Waals surface area (Å²) in [5.41, 5.74) is 5.47. The molecule has 0 amide bonds. The molecule has 2 fully saturated rings. The molecule has 0 spiro atoms. The smallest absolute Gasteiger partial charge is 0.141 e. The van der Waals surface area contributed by atoms with Gasteiger partial charge in [-0.15, -0.1) is 11.3 Å². The number of nitrogens with one attached hydrogen (secondary N) is 2. The van der Waals surface area contributed by atoms with E-state index in [0.29, 0.717) is 6.04 Å². The second-order valence-corrected chi connectivity index (χ2v) is 15.5. The van der Waals surface area contributed by atoms with E-state index in [-0.39, 0.29) is 18.2 Å². The number of aromatic nitrogens is 4. The number of aromatic amines is 1. The molecule has 2 aliphatic heterocycles. The quantitative estimate of drug-likeness (QED) is 0.152. The van der Waals surface area contributed by atoms with Gasteiger partial charge >= 0.3 is 0 Å². The third-order valence-electron chi connectivity index (χ3n) is 9.50. The van der Waals surface area contributed by atoms with Crippen molar-refractivity contribution in [3.8, 4) is 0 Å². The molecule has 0 aliphatic carbocycles. The number of H-pyrrole nitrogens is 1. The van der Waals surface area contributed by atoms with Crippen LogP contribution < -0.4 is 5.32 Å². The number of hydrogen-bond acceptors (Lipinski definition) is 8. The van der Waals surface area contributed by atoms with Crippen LogP contribution in [-0.4, -0.2) is 82.2 Å². The van der Waals surface area contributed by atoms with Gasteiger partial charge < -0.3 is 24.8 Å². The van der Waals surface area contributed by atoms with E-state index in [1.807, 2.05) is 36.7 Å². The second kappa shape index (κ2) is 16.2. The Morgan fingerprint density at radius 1 is 0.816 bits per heavy atom. The Bertz CT molecular complexity index is 1870. The number of hydrogen-bond donors (Lipinski definition) is 2. The van der Waals surface area contributed by atoms with Crippen molar-refractivity contribution in [3.63, 3.8) is 0 Å². The third-order valence-corrected chi connectivity index (χ3v) is 11.3. The van der Waals surface area contributed by atoms with Crippen LogP contribution in [0.25, 0.3) is 21.3 Å². The Morgan fingerprint density at radius 3 is 2.24 bits per heavy atom. The van der Waals surface area contributed by atoms with Crippen molar-refractivity contribution in [1.29, 1.82) is 0 Å². The van der Waals surface area contributed by atoms with Crippen molar-refractivity contribution >= 4 is 55.2 Å². The van der Waals surface area contributed by atoms with E-state index < -0.39 is 0 Å². The van der Waals surface area contributed by atoms with Gasteiger partial charge in [0.15, 0.2) is 0 Å². The van der Waals surface area contributed by atoms with Crippen LogP contribution in [0, 0.1) is 3.57 Å². The summed E-state index contributed by atoms with van der Waals surface area (Å²) >= 11 is 4.13. The summed E-state index contributed by atoms with van der Waals surface area (Å²) in [7, 11) is 4.37. The van der Waals surface area contributed by atoms with Gasteiger partial charge in [0, 0.05) is 35.1 Å². The van der Waals surface area contributed by atoms with Crippen molar-refractivity contribution in [2.24, 2.45) is 0 Å². The van der Waals surface area contributed by atoms with Crippen molar-refractivity contribution < 1.29 is 4.74 Å². The number of para-hydroxylation sites is 3. The minimum atomic E-state index is -0.157. The first-order chi connectivity index (χ1) is 24.0. The topological polar surface area (TPSA) is 82.2 Å². The van der Waals surface area contributed by atoms with E-state index >= 15 is 0 Å². The standard InChI is InChI=1S/C20H22IN3O.C19H22N4S/c1-24-11-9-16(10-12-24)25-19(14-5-4-6-15(21)13-14)20-22-17-7-2-3-8-18(17)23-20;1-23-11-8-15(9-12-23)21-18(14-5-4-10-20-13-14)19-22-16-6-2-3-7-17(16)24-19/h2-8,13,16,19H,9-12H2,1H3,(H,22,23);2-7,10,13,15,18,21H,8-9,11-12H2,1H3. The number of thiazole rings is 1. The number of likely N-dealkylation sites (tertiary alicyclic amines) is 2. The fourth-order valence-electron chi connectivity index (χ4n) is 6.66. The molecule has 254 valence electrons. The lowest BCUT2D eigenvalue weighted by atomic mass is 10.0. The molecule has 2 aliphatic rings. The highest BCUT2D eigenvalue weighted by atomic mass is 127. The van der Waals surface area contributed by atoms with Gasteiger partial charge in [0.05, 0.1) is 33.4 Å². The number of benzene rings is 3. The van der Waals surface area contributed by atoms with Crippen LogP contribution in [0.5, 0.6) is 0 Å². The Kier molecular flexibility index (Phi) is 11.3. The van der Waals surface area contributed by atoms with Crippen LogP contribution >= 0.6 is 33.9 Å². The van der Waals surface area contributed by atoms with Crippen molar-refractivity contribution in [1.82, 2.24) is 35.1 Å². The Morgan fingerprint density at radius 2 is 1.53 bits per heavy atom. The normalized spacial score (nSPS) is 17.9. The summed E-state index contributed by atoms with van der Waals surface area (Å²) in [5.74, 6) is 0.891. The minimum Gasteiger partial charge on any atom is -0.362 e. The predicted octanol–water partition coefficient (Wildman–Crippen LogP) is 7.83. The number of ether oxygens (including phenoxy) is 1. The highest BCUT2D eigenvalue weighted by Gasteiger charge is 2.27. The first kappa shape index (κ1) is 34.2. The molecule has 0 bridgehead atoms. The number of halogens is 1. The Hall–Kier alpha value is -3.26. The number of fused-ring (bicyclic) bond motifs is 2. The van der Waals surface area contributed by atoms with Gasteiger partial charge in [-0.05, 0) is 129 Å². The van der Waals surface area contributed by atoms with Crippen LogP contribution in [-0.2, 0) is 4.74 Å². The average Bonchev–Trinajstić information content (AvgIpc) is 3.76. The van der Waals surface area contributed by atoms with Crippen LogP contribution in [0.2, 0.25) is 0 Å². The van der Waals surface area contributed by atoms with Gasteiger partial charge in [-0.25, -0.2) is 9.97 Å². The number of rotatable bonds is 8. The zero-order valence-electron chi connectivity index (χ0n) is 28.1. The van der Waals surface area contributed by atoms with E-state index in [1.54, 1.807) is 11.3 Å². The Balaban J connectivity index is 0.000000154. The first-order valence-electron chi connectivity index (χ1n) is 17.2. The van der Waals surface area contributed by atoms with E-state index in [4.69, 9.17) is 14.7 Å². The summed E-state index contributed by atoms with van der Waals surface area (Å²) in [6.45, 7) is 4.47. The monoisotopic (exact) mass is 785 g/mol. The lowest BCUT2D eigenvalue weighted by Crippen LogP contribution is -2.42. The molecule has 0 saturated carbocycles. The predicted molar refractivity (Wildman–Crippen MR) is 208 cm³/mol. The molecular weight excluding hydrogens is 741 g/mol. The fourth-order valence-corrected chi connectivity index (χ4v) is 8.29. The maximum absolute atomic E-state index is 6.57. The SMILES string of the molecule is CN1CCC(NC(c2cccnc2)c2nc3ccccc3s2)CC1.CN1CCC(OC(c2cccc(I)c2)c2nc3ccccc3[nH]2)CC1. The van der Waals surface area contributed by atoms with Crippen LogP contribution in [0.1, 0.15) is 59.8 Å². The van der Waals surface area contributed by atoms with Crippen LogP contribution in [0.3, 0.4) is 0 Å². The lowest BCUT2D eigenvalue weighted by molar-refractivity contribution is -0.0264. The van der Waals surface area contributed by atoms with Crippen LogP contribution in [0.15, 0.2) is 97.3 Å². The maximum Gasteiger partial charge on any atom is 0.141 e. The minimum absolute atomic E-state index is 0.115. The highest BCUT2D eigenvalue weighted by molar-refractivity contribution is 14.1. The van der Waals surface area contributed by atoms with Crippen molar-refractivity contribution in [2.75, 3.05) is 40.3 Å². The molecule has 2 saturated heterocycles. The van der Waals surface area contributed by atoms with E-state index in [1.165, 1.54) is 26.7 Å². The molecule has 5 heterocycles. The molecule has 49 heavy (non-hydrogen) atoms. The molecule has 0 radical (unpaired) electrons. The van der Waals surface area contributed by atoms with Gasteiger partial charge in [0.25, 0.3) is 0 Å². The van der Waals surface area contributed by atoms with E-state index in [9.17, 15) is 0 Å². The number of imidazole rings is 1. The molecular formula is C39H44IN7OS. The van der Waals surface area contributed by atoms with Crippen LogP contribution in [0.4, 0.5) is 0 Å². The zero-order chi connectivity index (χ0) is 33.6. The van der Waals surface area contributed by atoms with Gasteiger partial charge in [0.1, 0.15) is 16.9 Å². The van der Waals surface area contributed by atoms with E-state index in [2.05, 4.69) is 122 Å². The van der Waals surface area contributed by atoms with Crippen molar-refractivity contribution in [2.45, 2.75) is 50.0 Å². The van der Waals surface area contributed by atoms with Crippen molar-refractivity contribution in [3.05, 3.63) is 123 Å². The summed E-state index contributed by atoms with van der Waals surface area (Å²) in [6, 6.07) is 29.8. The van der Waals surface area contributed by atoms with Gasteiger partial charge in [-0.2, -0.15) is 0 Å². The van der Waals surface area contributed by atoms with Gasteiger partial charge in [0.2, 0.25) is 0 Å². The Labute approximate surface area is 306 Å². The molecule has 8 rings (SSSR count). The highest BCUT2D eigenvalue weighted by Crippen LogP contribution is 2.32. The molecule has 3 aromatic carbocycles. The molecule has 8 nitrogen and oxygen atoms in total. The molecule has 10 heteroatoms. The summed E-state index contributed by atoms with van der Waals surface area (Å²) in [4.78, 5) is 22.2. The average molecular weight is 786 g/mol. The summed E-state index contributed by atoms with van der Waals surface area (Å²) < 4.78 is 9.03.